The SMILES string of the molecule is CN(C)[C@H]1CCCCNC1. The molecule has 1 heterocycles. The molecule has 2 nitrogen and oxygen atoms in total. The van der Waals surface area contributed by atoms with Crippen LogP contribution in [-0.4, -0.2) is 38.1 Å². The fourth-order valence-corrected chi connectivity index (χ4v) is 1.44. The highest BCUT2D eigenvalue weighted by molar-refractivity contribution is 4.72. The van der Waals surface area contributed by atoms with E-state index >= 15 is 0 Å². The van der Waals surface area contributed by atoms with Crippen molar-refractivity contribution in [3.63, 3.8) is 0 Å². The average Bonchev–Trinajstić information content (AvgIpc) is 2.12. The largest absolute Gasteiger partial charge is 0.315 e. The van der Waals surface area contributed by atoms with E-state index in [1.54, 1.807) is 0 Å². The van der Waals surface area contributed by atoms with E-state index in [1.807, 2.05) is 0 Å². The Bertz CT molecular complexity index is 83.3. The summed E-state index contributed by atoms with van der Waals surface area (Å²) < 4.78 is 0. The average molecular weight is 142 g/mol. The van der Waals surface area contributed by atoms with Crippen LogP contribution >= 0.6 is 0 Å². The second kappa shape index (κ2) is 3.94. The van der Waals surface area contributed by atoms with Crippen molar-refractivity contribution < 1.29 is 0 Å². The van der Waals surface area contributed by atoms with E-state index in [9.17, 15) is 0 Å². The Morgan fingerprint density at radius 3 is 2.80 bits per heavy atom. The monoisotopic (exact) mass is 142 g/mol. The van der Waals surface area contributed by atoms with E-state index in [1.165, 1.54) is 32.4 Å². The van der Waals surface area contributed by atoms with Crippen LogP contribution < -0.4 is 5.32 Å². The molecule has 0 aromatic rings. The lowest BCUT2D eigenvalue weighted by molar-refractivity contribution is 0.279. The number of nitrogens with one attached hydrogen (secondary N) is 1. The van der Waals surface area contributed by atoms with Crippen molar-refractivity contribution in [2.75, 3.05) is 27.2 Å². The summed E-state index contributed by atoms with van der Waals surface area (Å²) in [6.07, 6.45) is 4.10. The number of hydrogen-bond donors (Lipinski definition) is 1. The summed E-state index contributed by atoms with van der Waals surface area (Å²) in [5, 5.41) is 3.44. The van der Waals surface area contributed by atoms with Crippen LogP contribution in [0.1, 0.15) is 19.3 Å². The van der Waals surface area contributed by atoms with Gasteiger partial charge < -0.3 is 10.2 Å². The minimum atomic E-state index is 0.766. The zero-order valence-electron chi connectivity index (χ0n) is 7.06. The summed E-state index contributed by atoms with van der Waals surface area (Å²) >= 11 is 0. The lowest BCUT2D eigenvalue weighted by Crippen LogP contribution is -2.36. The molecule has 1 saturated heterocycles. The second-order valence-electron chi connectivity index (χ2n) is 3.32. The highest BCUT2D eigenvalue weighted by atomic mass is 15.1. The molecule has 0 unspecified atom stereocenters. The first-order valence-electron chi connectivity index (χ1n) is 4.18. The molecule has 1 aliphatic rings. The third-order valence-electron chi connectivity index (χ3n) is 2.25. The molecule has 0 aliphatic carbocycles. The van der Waals surface area contributed by atoms with Gasteiger partial charge in [0, 0.05) is 12.6 Å². The fourth-order valence-electron chi connectivity index (χ4n) is 1.44. The van der Waals surface area contributed by atoms with Crippen molar-refractivity contribution in [3.8, 4) is 0 Å². The zero-order chi connectivity index (χ0) is 7.40. The molecule has 0 radical (unpaired) electrons. The maximum atomic E-state index is 3.44. The van der Waals surface area contributed by atoms with Crippen LogP contribution in [-0.2, 0) is 0 Å². The molecular weight excluding hydrogens is 124 g/mol. The third kappa shape index (κ3) is 2.27. The van der Waals surface area contributed by atoms with Crippen molar-refractivity contribution in [2.24, 2.45) is 0 Å². The van der Waals surface area contributed by atoms with E-state index < -0.39 is 0 Å². The van der Waals surface area contributed by atoms with E-state index in [4.69, 9.17) is 0 Å². The van der Waals surface area contributed by atoms with Crippen molar-refractivity contribution >= 4 is 0 Å². The predicted molar refractivity (Wildman–Crippen MR) is 44.2 cm³/mol. The molecule has 0 bridgehead atoms. The van der Waals surface area contributed by atoms with Crippen molar-refractivity contribution in [1.29, 1.82) is 0 Å². The topological polar surface area (TPSA) is 15.3 Å². The standard InChI is InChI=1S/C8H18N2/c1-10(2)8-5-3-4-6-9-7-8/h8-9H,3-7H2,1-2H3/t8-/m0/s1. The summed E-state index contributed by atoms with van der Waals surface area (Å²) in [7, 11) is 4.33. The molecule has 0 amide bonds. The Balaban J connectivity index is 2.28. The maximum absolute atomic E-state index is 3.44. The predicted octanol–water partition coefficient (Wildman–Crippen LogP) is 0.690. The summed E-state index contributed by atoms with van der Waals surface area (Å²) in [6, 6.07) is 0.766. The van der Waals surface area contributed by atoms with Crippen LogP contribution in [0.25, 0.3) is 0 Å². The van der Waals surface area contributed by atoms with E-state index in [0.29, 0.717) is 0 Å². The molecule has 1 N–H and O–H groups in total. The van der Waals surface area contributed by atoms with Crippen LogP contribution in [0.15, 0.2) is 0 Å². The first-order chi connectivity index (χ1) is 4.80. The minimum Gasteiger partial charge on any atom is -0.315 e. The molecule has 0 spiro atoms. The fraction of sp³-hybridized carbons (Fsp3) is 1.00. The number of nitrogens with zero attached hydrogens (tertiary/aromatic N) is 1. The molecule has 0 aromatic heterocycles. The van der Waals surface area contributed by atoms with Crippen molar-refractivity contribution in [2.45, 2.75) is 25.3 Å². The van der Waals surface area contributed by atoms with Gasteiger partial charge in [0.15, 0.2) is 0 Å². The van der Waals surface area contributed by atoms with Gasteiger partial charge in [-0.2, -0.15) is 0 Å². The molecular formula is C8H18N2. The highest BCUT2D eigenvalue weighted by Gasteiger charge is 2.12. The first-order valence-corrected chi connectivity index (χ1v) is 4.18. The van der Waals surface area contributed by atoms with Gasteiger partial charge in [-0.25, -0.2) is 0 Å². The van der Waals surface area contributed by atoms with Gasteiger partial charge in [0.2, 0.25) is 0 Å². The van der Waals surface area contributed by atoms with Gasteiger partial charge in [0.1, 0.15) is 0 Å². The highest BCUT2D eigenvalue weighted by Crippen LogP contribution is 2.07. The van der Waals surface area contributed by atoms with Crippen LogP contribution in [0.2, 0.25) is 0 Å². The Kier molecular flexibility index (Phi) is 3.16. The number of rotatable bonds is 1. The molecule has 1 rings (SSSR count). The lowest BCUT2D eigenvalue weighted by Gasteiger charge is -2.21. The van der Waals surface area contributed by atoms with Gasteiger partial charge >= 0.3 is 0 Å². The van der Waals surface area contributed by atoms with Gasteiger partial charge in [-0.15, -0.1) is 0 Å². The van der Waals surface area contributed by atoms with Gasteiger partial charge in [0.25, 0.3) is 0 Å². The Morgan fingerprint density at radius 1 is 1.30 bits per heavy atom. The minimum absolute atomic E-state index is 0.766. The number of likely N-dealkylation sites (N-methyl/N-ethyl adjacent to an activating group) is 1. The molecule has 2 heteroatoms. The normalized spacial score (nSPS) is 28.5. The molecule has 0 saturated carbocycles. The first kappa shape index (κ1) is 8.02. The van der Waals surface area contributed by atoms with E-state index in [0.717, 1.165) is 6.04 Å². The molecule has 60 valence electrons. The van der Waals surface area contributed by atoms with Crippen LogP contribution in [0, 0.1) is 0 Å². The third-order valence-corrected chi connectivity index (χ3v) is 2.25. The Hall–Kier alpha value is -0.0800. The smallest absolute Gasteiger partial charge is 0.0214 e. The number of hydrogen-bond acceptors (Lipinski definition) is 2. The summed E-state index contributed by atoms with van der Waals surface area (Å²) in [5.74, 6) is 0. The zero-order valence-corrected chi connectivity index (χ0v) is 7.06. The van der Waals surface area contributed by atoms with Gasteiger partial charge in [-0.3, -0.25) is 0 Å². The summed E-state index contributed by atoms with van der Waals surface area (Å²) in [5.41, 5.74) is 0. The van der Waals surface area contributed by atoms with E-state index in [-0.39, 0.29) is 0 Å². The molecule has 1 fully saturated rings. The molecule has 0 aromatic carbocycles. The molecule has 1 atom stereocenters. The maximum Gasteiger partial charge on any atom is 0.0214 e. The quantitative estimate of drug-likeness (QED) is 0.579. The Morgan fingerprint density at radius 2 is 2.10 bits per heavy atom. The van der Waals surface area contributed by atoms with Crippen LogP contribution in [0.4, 0.5) is 0 Å². The molecule has 1 aliphatic heterocycles. The summed E-state index contributed by atoms with van der Waals surface area (Å²) in [4.78, 5) is 2.32. The van der Waals surface area contributed by atoms with Gasteiger partial charge in [-0.05, 0) is 33.5 Å². The lowest BCUT2D eigenvalue weighted by atomic mass is 10.1. The van der Waals surface area contributed by atoms with Crippen LogP contribution in [0.3, 0.4) is 0 Å². The van der Waals surface area contributed by atoms with Crippen molar-refractivity contribution in [3.05, 3.63) is 0 Å². The van der Waals surface area contributed by atoms with Gasteiger partial charge in [-0.1, -0.05) is 6.42 Å². The van der Waals surface area contributed by atoms with Crippen LogP contribution in [0.5, 0.6) is 0 Å². The second-order valence-corrected chi connectivity index (χ2v) is 3.32. The summed E-state index contributed by atoms with van der Waals surface area (Å²) in [6.45, 7) is 2.39. The molecule has 10 heavy (non-hydrogen) atoms. The van der Waals surface area contributed by atoms with Crippen molar-refractivity contribution in [1.82, 2.24) is 10.2 Å². The Labute approximate surface area is 63.6 Å². The van der Waals surface area contributed by atoms with E-state index in [2.05, 4.69) is 24.3 Å². The van der Waals surface area contributed by atoms with Gasteiger partial charge in [0.05, 0.1) is 0 Å².